The number of nitrogens with zero attached hydrogens (tertiary/aromatic N) is 2. The number of benzene rings is 2. The van der Waals surface area contributed by atoms with Crippen molar-refractivity contribution in [3.05, 3.63) is 70.8 Å². The molecule has 0 aromatic heterocycles. The van der Waals surface area contributed by atoms with Gasteiger partial charge >= 0.3 is 0 Å². The summed E-state index contributed by atoms with van der Waals surface area (Å²) in [7, 11) is 0. The summed E-state index contributed by atoms with van der Waals surface area (Å²) in [6.45, 7) is 5.71. The van der Waals surface area contributed by atoms with E-state index in [2.05, 4.69) is 29.2 Å². The maximum absolute atomic E-state index is 12.9. The first-order valence-electron chi connectivity index (χ1n) is 8.41. The van der Waals surface area contributed by atoms with Crippen molar-refractivity contribution in [1.82, 2.24) is 9.80 Å². The topological polar surface area (TPSA) is 23.6 Å². The zero-order chi connectivity index (χ0) is 15.8. The minimum Gasteiger partial charge on any atom is -0.335 e. The number of aryl methyl sites for hydroxylation is 1. The quantitative estimate of drug-likeness (QED) is 0.808. The molecule has 2 aromatic rings. The second-order valence-electron chi connectivity index (χ2n) is 6.57. The van der Waals surface area contributed by atoms with Gasteiger partial charge in [0.25, 0.3) is 5.91 Å². The Morgan fingerprint density at radius 3 is 2.65 bits per heavy atom. The first-order valence-corrected chi connectivity index (χ1v) is 8.41. The summed E-state index contributed by atoms with van der Waals surface area (Å²) in [6.07, 6.45) is 1.12. The van der Waals surface area contributed by atoms with Crippen LogP contribution in [0.5, 0.6) is 0 Å². The van der Waals surface area contributed by atoms with E-state index in [1.54, 1.807) is 0 Å². The predicted octanol–water partition coefficient (Wildman–Crippen LogP) is 3.05. The molecule has 3 nitrogen and oxygen atoms in total. The fourth-order valence-corrected chi connectivity index (χ4v) is 3.90. The minimum absolute atomic E-state index is 0.172. The van der Waals surface area contributed by atoms with E-state index in [4.69, 9.17) is 0 Å². The number of amides is 1. The van der Waals surface area contributed by atoms with Crippen molar-refractivity contribution >= 4 is 5.91 Å². The summed E-state index contributed by atoms with van der Waals surface area (Å²) >= 11 is 0. The van der Waals surface area contributed by atoms with Gasteiger partial charge in [0.1, 0.15) is 0 Å². The highest BCUT2D eigenvalue weighted by Crippen LogP contribution is 2.32. The maximum Gasteiger partial charge on any atom is 0.254 e. The van der Waals surface area contributed by atoms with Crippen LogP contribution in [0.15, 0.2) is 48.5 Å². The lowest BCUT2D eigenvalue weighted by molar-refractivity contribution is 0.0453. The Labute approximate surface area is 137 Å². The molecule has 2 aromatic carbocycles. The summed E-state index contributed by atoms with van der Waals surface area (Å²) in [6, 6.07) is 16.9. The Hall–Kier alpha value is -2.13. The van der Waals surface area contributed by atoms with Gasteiger partial charge in [-0.3, -0.25) is 9.69 Å². The molecule has 0 bridgehead atoms. The number of piperazine rings is 1. The first-order chi connectivity index (χ1) is 11.2. The van der Waals surface area contributed by atoms with E-state index < -0.39 is 0 Å². The van der Waals surface area contributed by atoms with Crippen LogP contribution >= 0.6 is 0 Å². The number of hydrogen-bond acceptors (Lipinski definition) is 2. The molecular weight excluding hydrogens is 284 g/mol. The average molecular weight is 306 g/mol. The van der Waals surface area contributed by atoms with Gasteiger partial charge in [-0.25, -0.2) is 0 Å². The molecular formula is C20H22N2O. The molecule has 1 amide bonds. The summed E-state index contributed by atoms with van der Waals surface area (Å²) in [4.78, 5) is 17.5. The molecule has 0 spiro atoms. The van der Waals surface area contributed by atoms with Crippen molar-refractivity contribution in [2.24, 2.45) is 0 Å². The van der Waals surface area contributed by atoms with Gasteiger partial charge in [-0.1, -0.05) is 42.5 Å². The Bertz CT molecular complexity index is 740. The van der Waals surface area contributed by atoms with Gasteiger partial charge < -0.3 is 4.90 Å². The van der Waals surface area contributed by atoms with E-state index in [1.807, 2.05) is 36.1 Å². The average Bonchev–Trinajstić information content (AvgIpc) is 2.61. The van der Waals surface area contributed by atoms with Crippen LogP contribution in [0.4, 0.5) is 0 Å². The molecule has 1 atom stereocenters. The van der Waals surface area contributed by atoms with Gasteiger partial charge in [0, 0.05) is 31.7 Å². The third-order valence-corrected chi connectivity index (χ3v) is 5.24. The second kappa shape index (κ2) is 5.82. The number of hydrogen-bond donors (Lipinski definition) is 0. The van der Waals surface area contributed by atoms with Gasteiger partial charge in [0.05, 0.1) is 6.04 Å². The molecule has 4 rings (SSSR count). The highest BCUT2D eigenvalue weighted by molar-refractivity contribution is 5.95. The number of carbonyl (C=O) groups is 1. The molecule has 23 heavy (non-hydrogen) atoms. The Morgan fingerprint density at radius 2 is 1.78 bits per heavy atom. The van der Waals surface area contributed by atoms with Crippen molar-refractivity contribution in [2.75, 3.05) is 26.2 Å². The zero-order valence-corrected chi connectivity index (χ0v) is 13.5. The lowest BCUT2D eigenvalue weighted by atomic mass is 9.90. The highest BCUT2D eigenvalue weighted by atomic mass is 16.2. The van der Waals surface area contributed by atoms with Crippen LogP contribution in [0.3, 0.4) is 0 Å². The number of carbonyl (C=O) groups excluding carboxylic acids is 1. The fourth-order valence-electron chi connectivity index (χ4n) is 3.90. The van der Waals surface area contributed by atoms with Gasteiger partial charge in [-0.15, -0.1) is 0 Å². The standard InChI is InChI=1S/C20H22N2O/c1-15-6-2-4-8-17(15)20(23)22-13-12-21-11-10-16-7-3-5-9-18(16)19(21)14-22/h2-9,19H,10-14H2,1H3. The van der Waals surface area contributed by atoms with Crippen molar-refractivity contribution in [2.45, 2.75) is 19.4 Å². The molecule has 2 aliphatic heterocycles. The van der Waals surface area contributed by atoms with E-state index in [0.29, 0.717) is 6.04 Å². The van der Waals surface area contributed by atoms with Crippen LogP contribution in [-0.2, 0) is 6.42 Å². The zero-order valence-electron chi connectivity index (χ0n) is 13.5. The fraction of sp³-hybridized carbons (Fsp3) is 0.350. The molecule has 2 heterocycles. The predicted molar refractivity (Wildman–Crippen MR) is 91.5 cm³/mol. The Kier molecular flexibility index (Phi) is 3.66. The van der Waals surface area contributed by atoms with Crippen LogP contribution in [-0.4, -0.2) is 41.9 Å². The Morgan fingerprint density at radius 1 is 1.00 bits per heavy atom. The van der Waals surface area contributed by atoms with Gasteiger partial charge in [0.2, 0.25) is 0 Å². The number of rotatable bonds is 1. The lowest BCUT2D eigenvalue weighted by Gasteiger charge is -2.45. The van der Waals surface area contributed by atoms with Crippen molar-refractivity contribution in [3.63, 3.8) is 0 Å². The van der Waals surface area contributed by atoms with Crippen molar-refractivity contribution < 1.29 is 4.79 Å². The molecule has 0 saturated carbocycles. The van der Waals surface area contributed by atoms with Gasteiger partial charge in [0.15, 0.2) is 0 Å². The van der Waals surface area contributed by atoms with Crippen LogP contribution in [0.25, 0.3) is 0 Å². The highest BCUT2D eigenvalue weighted by Gasteiger charge is 2.34. The number of fused-ring (bicyclic) bond motifs is 3. The van der Waals surface area contributed by atoms with E-state index in [1.165, 1.54) is 11.1 Å². The molecule has 1 fully saturated rings. The van der Waals surface area contributed by atoms with Crippen molar-refractivity contribution in [3.8, 4) is 0 Å². The van der Waals surface area contributed by atoms with E-state index >= 15 is 0 Å². The smallest absolute Gasteiger partial charge is 0.254 e. The third-order valence-electron chi connectivity index (χ3n) is 5.24. The molecule has 3 heteroatoms. The van der Waals surface area contributed by atoms with Crippen LogP contribution in [0, 0.1) is 6.92 Å². The monoisotopic (exact) mass is 306 g/mol. The SMILES string of the molecule is Cc1ccccc1C(=O)N1CCN2CCc3ccccc3C2C1. The molecule has 0 radical (unpaired) electrons. The normalized spacial score (nSPS) is 20.7. The molecule has 0 N–H and O–H groups in total. The van der Waals surface area contributed by atoms with E-state index in [-0.39, 0.29) is 5.91 Å². The largest absolute Gasteiger partial charge is 0.335 e. The minimum atomic E-state index is 0.172. The molecule has 1 unspecified atom stereocenters. The summed E-state index contributed by atoms with van der Waals surface area (Å²) in [5.41, 5.74) is 4.74. The first kappa shape index (κ1) is 14.5. The third kappa shape index (κ3) is 2.55. The lowest BCUT2D eigenvalue weighted by Crippen LogP contribution is -2.52. The van der Waals surface area contributed by atoms with Crippen LogP contribution < -0.4 is 0 Å². The van der Waals surface area contributed by atoms with Gasteiger partial charge in [-0.2, -0.15) is 0 Å². The Balaban J connectivity index is 1.61. The van der Waals surface area contributed by atoms with Crippen LogP contribution in [0.2, 0.25) is 0 Å². The van der Waals surface area contributed by atoms with Gasteiger partial charge in [-0.05, 0) is 36.1 Å². The summed E-state index contributed by atoms with van der Waals surface area (Å²) in [5.74, 6) is 0.172. The molecule has 2 aliphatic rings. The van der Waals surface area contributed by atoms with Crippen LogP contribution in [0.1, 0.15) is 33.1 Å². The summed E-state index contributed by atoms with van der Waals surface area (Å²) in [5, 5.41) is 0. The van der Waals surface area contributed by atoms with Crippen molar-refractivity contribution in [1.29, 1.82) is 0 Å². The molecule has 0 aliphatic carbocycles. The summed E-state index contributed by atoms with van der Waals surface area (Å²) < 4.78 is 0. The van der Waals surface area contributed by atoms with E-state index in [0.717, 1.165) is 43.7 Å². The molecule has 1 saturated heterocycles. The van der Waals surface area contributed by atoms with E-state index in [9.17, 15) is 4.79 Å². The second-order valence-corrected chi connectivity index (χ2v) is 6.57. The molecule has 118 valence electrons. The maximum atomic E-state index is 12.9.